The highest BCUT2D eigenvalue weighted by atomic mass is 79.9. The topological polar surface area (TPSA) is 66.8 Å². The molecule has 0 aromatic heterocycles. The molecule has 0 unspecified atom stereocenters. The third-order valence-corrected chi connectivity index (χ3v) is 3.92. The number of nitrogens with zero attached hydrogens (tertiary/aromatic N) is 1. The van der Waals surface area contributed by atoms with Gasteiger partial charge in [-0.15, -0.1) is 0 Å². The predicted molar refractivity (Wildman–Crippen MR) is 76.6 cm³/mol. The zero-order valence-corrected chi connectivity index (χ0v) is 12.5. The normalized spacial score (nSPS) is 18.1. The van der Waals surface area contributed by atoms with Crippen molar-refractivity contribution in [2.24, 2.45) is 0 Å². The van der Waals surface area contributed by atoms with E-state index in [1.54, 1.807) is 0 Å². The molecular formula is C14H16BrNO4. The maximum Gasteiger partial charge on any atom is 0.326 e. The minimum absolute atomic E-state index is 0.165. The summed E-state index contributed by atoms with van der Waals surface area (Å²) in [5.41, 5.74) is 0. The first-order chi connectivity index (χ1) is 9.59. The summed E-state index contributed by atoms with van der Waals surface area (Å²) in [6, 6.07) is 6.72. The smallest absolute Gasteiger partial charge is 0.326 e. The van der Waals surface area contributed by atoms with Crippen LogP contribution in [0, 0.1) is 0 Å². The molecular weight excluding hydrogens is 326 g/mol. The number of hydrogen-bond donors (Lipinski definition) is 1. The van der Waals surface area contributed by atoms with Gasteiger partial charge in [-0.3, -0.25) is 4.79 Å². The van der Waals surface area contributed by atoms with Gasteiger partial charge in [0.15, 0.2) is 0 Å². The number of amides is 1. The van der Waals surface area contributed by atoms with Crippen LogP contribution in [0.3, 0.4) is 0 Å². The Balaban J connectivity index is 1.84. The van der Waals surface area contributed by atoms with E-state index in [4.69, 9.17) is 9.84 Å². The highest BCUT2D eigenvalue weighted by Crippen LogP contribution is 2.24. The van der Waals surface area contributed by atoms with E-state index in [-0.39, 0.29) is 18.9 Å². The first-order valence-corrected chi connectivity index (χ1v) is 7.28. The van der Waals surface area contributed by atoms with Gasteiger partial charge in [0.25, 0.3) is 0 Å². The van der Waals surface area contributed by atoms with Crippen LogP contribution in [0.5, 0.6) is 5.75 Å². The highest BCUT2D eigenvalue weighted by Gasteiger charge is 2.33. The molecule has 0 spiro atoms. The lowest BCUT2D eigenvalue weighted by Crippen LogP contribution is -2.40. The first kappa shape index (κ1) is 14.8. The number of aliphatic carboxylic acids is 1. The van der Waals surface area contributed by atoms with Crippen LogP contribution in [0.25, 0.3) is 0 Å². The molecule has 0 saturated carbocycles. The SMILES string of the molecule is O=C(O)[C@H]1CCCN1C(=O)CCOc1ccccc1Br. The number of para-hydroxylation sites is 1. The minimum Gasteiger partial charge on any atom is -0.492 e. The summed E-state index contributed by atoms with van der Waals surface area (Å²) in [5, 5.41) is 9.04. The van der Waals surface area contributed by atoms with Crippen LogP contribution in [0.2, 0.25) is 0 Å². The molecule has 2 rings (SSSR count). The van der Waals surface area contributed by atoms with Gasteiger partial charge in [0, 0.05) is 6.54 Å². The van der Waals surface area contributed by atoms with Crippen molar-refractivity contribution in [3.63, 3.8) is 0 Å². The number of hydrogen-bond acceptors (Lipinski definition) is 3. The molecule has 5 nitrogen and oxygen atoms in total. The molecule has 0 bridgehead atoms. The van der Waals surface area contributed by atoms with Crippen molar-refractivity contribution in [1.82, 2.24) is 4.90 Å². The van der Waals surface area contributed by atoms with Crippen LogP contribution in [0.1, 0.15) is 19.3 Å². The molecule has 1 aromatic rings. The summed E-state index contributed by atoms with van der Waals surface area (Å²) in [6.07, 6.45) is 1.46. The Kier molecular flexibility index (Phi) is 5.00. The number of benzene rings is 1. The van der Waals surface area contributed by atoms with E-state index in [9.17, 15) is 9.59 Å². The van der Waals surface area contributed by atoms with E-state index < -0.39 is 12.0 Å². The zero-order chi connectivity index (χ0) is 14.5. The summed E-state index contributed by atoms with van der Waals surface area (Å²) < 4.78 is 6.35. The molecule has 0 radical (unpaired) electrons. The highest BCUT2D eigenvalue weighted by molar-refractivity contribution is 9.10. The quantitative estimate of drug-likeness (QED) is 0.892. The molecule has 1 aliphatic rings. The lowest BCUT2D eigenvalue weighted by Gasteiger charge is -2.21. The molecule has 0 aliphatic carbocycles. The van der Waals surface area contributed by atoms with E-state index in [1.807, 2.05) is 24.3 Å². The molecule has 1 aromatic carbocycles. The summed E-state index contributed by atoms with van der Waals surface area (Å²) >= 11 is 3.36. The van der Waals surface area contributed by atoms with Gasteiger partial charge in [0.1, 0.15) is 11.8 Å². The molecule has 1 saturated heterocycles. The van der Waals surface area contributed by atoms with Crippen LogP contribution in [0.4, 0.5) is 0 Å². The Morgan fingerprint density at radius 3 is 2.85 bits per heavy atom. The van der Waals surface area contributed by atoms with E-state index in [0.29, 0.717) is 18.7 Å². The van der Waals surface area contributed by atoms with Crippen molar-refractivity contribution in [1.29, 1.82) is 0 Å². The fourth-order valence-corrected chi connectivity index (χ4v) is 2.67. The molecule has 1 aliphatic heterocycles. The minimum atomic E-state index is -0.928. The van der Waals surface area contributed by atoms with E-state index in [2.05, 4.69) is 15.9 Å². The Morgan fingerprint density at radius 1 is 1.40 bits per heavy atom. The maximum absolute atomic E-state index is 12.0. The second kappa shape index (κ2) is 6.74. The maximum atomic E-state index is 12.0. The van der Waals surface area contributed by atoms with Crippen LogP contribution in [-0.2, 0) is 9.59 Å². The fourth-order valence-electron chi connectivity index (χ4n) is 2.28. The first-order valence-electron chi connectivity index (χ1n) is 6.49. The molecule has 1 N–H and O–H groups in total. The standard InChI is InChI=1S/C14H16BrNO4/c15-10-4-1-2-6-12(10)20-9-7-13(17)16-8-3-5-11(16)14(18)19/h1-2,4,6,11H,3,5,7-9H2,(H,18,19)/t11-/m1/s1. The lowest BCUT2D eigenvalue weighted by atomic mass is 10.2. The van der Waals surface area contributed by atoms with Crippen LogP contribution < -0.4 is 4.74 Å². The van der Waals surface area contributed by atoms with Gasteiger partial charge in [0.05, 0.1) is 17.5 Å². The summed E-state index contributed by atoms with van der Waals surface area (Å²) in [5.74, 6) is -0.416. The third kappa shape index (κ3) is 3.50. The van der Waals surface area contributed by atoms with E-state index >= 15 is 0 Å². The molecule has 1 heterocycles. The predicted octanol–water partition coefficient (Wildman–Crippen LogP) is 2.29. The van der Waals surface area contributed by atoms with Crippen molar-refractivity contribution in [2.75, 3.05) is 13.2 Å². The lowest BCUT2D eigenvalue weighted by molar-refractivity contribution is -0.148. The fraction of sp³-hybridized carbons (Fsp3) is 0.429. The number of rotatable bonds is 5. The molecule has 1 fully saturated rings. The van der Waals surface area contributed by atoms with Gasteiger partial charge in [0.2, 0.25) is 5.91 Å². The van der Waals surface area contributed by atoms with Gasteiger partial charge in [-0.05, 0) is 40.9 Å². The Hall–Kier alpha value is -1.56. The largest absolute Gasteiger partial charge is 0.492 e. The van der Waals surface area contributed by atoms with Gasteiger partial charge in [-0.25, -0.2) is 4.79 Å². The molecule has 20 heavy (non-hydrogen) atoms. The zero-order valence-electron chi connectivity index (χ0n) is 10.9. The summed E-state index contributed by atoms with van der Waals surface area (Å²) in [7, 11) is 0. The number of likely N-dealkylation sites (tertiary alicyclic amines) is 1. The number of carboxylic acid groups (broad SMARTS) is 1. The van der Waals surface area contributed by atoms with Gasteiger partial charge in [-0.2, -0.15) is 0 Å². The Bertz CT molecular complexity index is 506. The van der Waals surface area contributed by atoms with Crippen molar-refractivity contribution in [3.8, 4) is 5.75 Å². The van der Waals surface area contributed by atoms with E-state index in [0.717, 1.165) is 10.9 Å². The van der Waals surface area contributed by atoms with Crippen molar-refractivity contribution < 1.29 is 19.4 Å². The Labute approximate surface area is 125 Å². The second-order valence-corrected chi connectivity index (χ2v) is 5.47. The van der Waals surface area contributed by atoms with Crippen LogP contribution in [0.15, 0.2) is 28.7 Å². The molecule has 1 amide bonds. The summed E-state index contributed by atoms with van der Waals surface area (Å²) in [6.45, 7) is 0.759. The van der Waals surface area contributed by atoms with Crippen molar-refractivity contribution in [2.45, 2.75) is 25.3 Å². The van der Waals surface area contributed by atoms with Gasteiger partial charge in [-0.1, -0.05) is 12.1 Å². The number of halogens is 1. The second-order valence-electron chi connectivity index (χ2n) is 4.61. The van der Waals surface area contributed by atoms with Gasteiger partial charge < -0.3 is 14.7 Å². The van der Waals surface area contributed by atoms with Crippen LogP contribution >= 0.6 is 15.9 Å². The van der Waals surface area contributed by atoms with Crippen molar-refractivity contribution >= 4 is 27.8 Å². The number of carbonyl (C=O) groups is 2. The average molecular weight is 342 g/mol. The third-order valence-electron chi connectivity index (χ3n) is 3.27. The Morgan fingerprint density at radius 2 is 2.15 bits per heavy atom. The average Bonchev–Trinajstić information content (AvgIpc) is 2.90. The monoisotopic (exact) mass is 341 g/mol. The van der Waals surface area contributed by atoms with Gasteiger partial charge >= 0.3 is 5.97 Å². The van der Waals surface area contributed by atoms with Crippen molar-refractivity contribution in [3.05, 3.63) is 28.7 Å². The summed E-state index contributed by atoms with van der Waals surface area (Å²) in [4.78, 5) is 24.5. The number of carbonyl (C=O) groups excluding carboxylic acids is 1. The molecule has 1 atom stereocenters. The number of ether oxygens (including phenoxy) is 1. The molecule has 6 heteroatoms. The number of carboxylic acids is 1. The van der Waals surface area contributed by atoms with Crippen LogP contribution in [-0.4, -0.2) is 41.1 Å². The molecule has 108 valence electrons. The van der Waals surface area contributed by atoms with E-state index in [1.165, 1.54) is 4.90 Å².